The number of nitrogens with zero attached hydrogens (tertiary/aromatic N) is 1. The molecule has 1 atom stereocenters. The SMILES string of the molecule is CNCC1Cc2c(OC)cccc2N1C(C)C. The number of rotatable bonds is 4. The Balaban J connectivity index is 2.38. The Hall–Kier alpha value is -1.22. The van der Waals surface area contributed by atoms with Gasteiger partial charge < -0.3 is 15.0 Å². The summed E-state index contributed by atoms with van der Waals surface area (Å²) in [5, 5.41) is 3.28. The fraction of sp³-hybridized carbons (Fsp3) is 0.571. The first-order chi connectivity index (χ1) is 8.19. The molecule has 0 aromatic heterocycles. The van der Waals surface area contributed by atoms with Crippen LogP contribution in [0.15, 0.2) is 18.2 Å². The standard InChI is InChI=1S/C14H22N2O/c1-10(2)16-11(9-15-3)8-12-13(16)6-5-7-14(12)17-4/h5-7,10-11,15H,8-9H2,1-4H3. The highest BCUT2D eigenvalue weighted by Gasteiger charge is 2.32. The number of ether oxygens (including phenoxy) is 1. The second-order valence-electron chi connectivity index (χ2n) is 4.87. The van der Waals surface area contributed by atoms with E-state index in [2.05, 4.69) is 42.3 Å². The molecule has 0 bridgehead atoms. The van der Waals surface area contributed by atoms with Gasteiger partial charge in [-0.3, -0.25) is 0 Å². The minimum Gasteiger partial charge on any atom is -0.496 e. The topological polar surface area (TPSA) is 24.5 Å². The van der Waals surface area contributed by atoms with Crippen molar-refractivity contribution in [3.8, 4) is 5.75 Å². The predicted octanol–water partition coefficient (Wildman–Crippen LogP) is 2.05. The van der Waals surface area contributed by atoms with Crippen LogP contribution >= 0.6 is 0 Å². The van der Waals surface area contributed by atoms with E-state index in [-0.39, 0.29) is 0 Å². The summed E-state index contributed by atoms with van der Waals surface area (Å²) in [7, 11) is 3.76. The van der Waals surface area contributed by atoms with Gasteiger partial charge in [-0.05, 0) is 39.4 Å². The van der Waals surface area contributed by atoms with E-state index in [4.69, 9.17) is 4.74 Å². The molecule has 0 aliphatic carbocycles. The van der Waals surface area contributed by atoms with Gasteiger partial charge in [-0.25, -0.2) is 0 Å². The molecule has 0 saturated carbocycles. The molecular formula is C14H22N2O. The van der Waals surface area contributed by atoms with Crippen LogP contribution in [0.1, 0.15) is 19.4 Å². The zero-order valence-electron chi connectivity index (χ0n) is 11.2. The van der Waals surface area contributed by atoms with Gasteiger partial charge in [-0.1, -0.05) is 6.07 Å². The molecule has 1 aliphatic heterocycles. The van der Waals surface area contributed by atoms with Gasteiger partial charge in [-0.2, -0.15) is 0 Å². The maximum absolute atomic E-state index is 5.46. The second-order valence-corrected chi connectivity index (χ2v) is 4.87. The molecule has 1 aromatic rings. The van der Waals surface area contributed by atoms with E-state index in [9.17, 15) is 0 Å². The summed E-state index contributed by atoms with van der Waals surface area (Å²) < 4.78 is 5.46. The van der Waals surface area contributed by atoms with Crippen molar-refractivity contribution in [1.82, 2.24) is 5.32 Å². The predicted molar refractivity (Wildman–Crippen MR) is 72.0 cm³/mol. The maximum Gasteiger partial charge on any atom is 0.124 e. The van der Waals surface area contributed by atoms with Crippen LogP contribution in [0, 0.1) is 0 Å². The molecular weight excluding hydrogens is 212 g/mol. The van der Waals surface area contributed by atoms with Gasteiger partial charge in [-0.15, -0.1) is 0 Å². The lowest BCUT2D eigenvalue weighted by Gasteiger charge is -2.31. The third-order valence-electron chi connectivity index (χ3n) is 3.44. The van der Waals surface area contributed by atoms with Gasteiger partial charge >= 0.3 is 0 Å². The molecule has 0 saturated heterocycles. The van der Waals surface area contributed by atoms with E-state index in [1.165, 1.54) is 11.3 Å². The van der Waals surface area contributed by atoms with Crippen LogP contribution in [0.3, 0.4) is 0 Å². The van der Waals surface area contributed by atoms with Crippen LogP contribution in [0.25, 0.3) is 0 Å². The molecule has 0 amide bonds. The monoisotopic (exact) mass is 234 g/mol. The molecule has 17 heavy (non-hydrogen) atoms. The first-order valence-corrected chi connectivity index (χ1v) is 6.27. The number of likely N-dealkylation sites (N-methyl/N-ethyl adjacent to an activating group) is 1. The Labute approximate surface area is 104 Å². The summed E-state index contributed by atoms with van der Waals surface area (Å²) in [6.07, 6.45) is 1.07. The summed E-state index contributed by atoms with van der Waals surface area (Å²) in [5.74, 6) is 1.02. The zero-order valence-corrected chi connectivity index (χ0v) is 11.2. The van der Waals surface area contributed by atoms with E-state index in [1.54, 1.807) is 7.11 Å². The van der Waals surface area contributed by atoms with Crippen LogP contribution in [0.5, 0.6) is 5.75 Å². The number of hydrogen-bond acceptors (Lipinski definition) is 3. The lowest BCUT2D eigenvalue weighted by atomic mass is 10.1. The highest BCUT2D eigenvalue weighted by molar-refractivity contribution is 5.65. The smallest absolute Gasteiger partial charge is 0.124 e. The first-order valence-electron chi connectivity index (χ1n) is 6.27. The Morgan fingerprint density at radius 1 is 1.47 bits per heavy atom. The highest BCUT2D eigenvalue weighted by Crippen LogP contribution is 2.39. The molecule has 1 aromatic carbocycles. The van der Waals surface area contributed by atoms with Crippen molar-refractivity contribution in [2.24, 2.45) is 0 Å². The molecule has 2 rings (SSSR count). The van der Waals surface area contributed by atoms with Gasteiger partial charge in [0.15, 0.2) is 0 Å². The molecule has 1 unspecified atom stereocenters. The van der Waals surface area contributed by atoms with Crippen molar-refractivity contribution in [2.75, 3.05) is 25.6 Å². The number of benzene rings is 1. The fourth-order valence-electron chi connectivity index (χ4n) is 2.83. The molecule has 1 N–H and O–H groups in total. The Kier molecular flexibility index (Phi) is 3.57. The first kappa shape index (κ1) is 12.2. The van der Waals surface area contributed by atoms with Gasteiger partial charge in [0.1, 0.15) is 5.75 Å². The minimum atomic E-state index is 0.515. The zero-order chi connectivity index (χ0) is 12.4. The van der Waals surface area contributed by atoms with E-state index in [1.807, 2.05) is 7.05 Å². The molecule has 1 heterocycles. The third-order valence-corrected chi connectivity index (χ3v) is 3.44. The number of anilines is 1. The summed E-state index contributed by atoms with van der Waals surface area (Å²) in [5.41, 5.74) is 2.68. The van der Waals surface area contributed by atoms with Crippen LogP contribution in [-0.4, -0.2) is 32.8 Å². The van der Waals surface area contributed by atoms with Crippen molar-refractivity contribution in [2.45, 2.75) is 32.4 Å². The normalized spacial score (nSPS) is 18.6. The van der Waals surface area contributed by atoms with Crippen molar-refractivity contribution in [3.63, 3.8) is 0 Å². The number of hydrogen-bond donors (Lipinski definition) is 1. The summed E-state index contributed by atoms with van der Waals surface area (Å²) in [4.78, 5) is 2.49. The van der Waals surface area contributed by atoms with Crippen LogP contribution < -0.4 is 15.0 Å². The van der Waals surface area contributed by atoms with Crippen LogP contribution in [-0.2, 0) is 6.42 Å². The van der Waals surface area contributed by atoms with Crippen LogP contribution in [0.2, 0.25) is 0 Å². The average molecular weight is 234 g/mol. The molecule has 0 spiro atoms. The van der Waals surface area contributed by atoms with Crippen molar-refractivity contribution in [1.29, 1.82) is 0 Å². The average Bonchev–Trinajstić information content (AvgIpc) is 2.67. The third kappa shape index (κ3) is 2.12. The maximum atomic E-state index is 5.46. The second kappa shape index (κ2) is 4.96. The molecule has 0 fully saturated rings. The van der Waals surface area contributed by atoms with E-state index in [0.717, 1.165) is 18.7 Å². The van der Waals surface area contributed by atoms with Crippen LogP contribution in [0.4, 0.5) is 5.69 Å². The van der Waals surface area contributed by atoms with Crippen molar-refractivity contribution >= 4 is 5.69 Å². The van der Waals surface area contributed by atoms with Gasteiger partial charge in [0, 0.05) is 29.9 Å². The lowest BCUT2D eigenvalue weighted by Crippen LogP contribution is -2.43. The summed E-state index contributed by atoms with van der Waals surface area (Å²) >= 11 is 0. The Morgan fingerprint density at radius 3 is 2.82 bits per heavy atom. The molecule has 3 heteroatoms. The lowest BCUT2D eigenvalue weighted by molar-refractivity contribution is 0.410. The quantitative estimate of drug-likeness (QED) is 0.863. The largest absolute Gasteiger partial charge is 0.496 e. The van der Waals surface area contributed by atoms with E-state index in [0.29, 0.717) is 12.1 Å². The molecule has 94 valence electrons. The molecule has 0 radical (unpaired) electrons. The Morgan fingerprint density at radius 2 is 2.24 bits per heavy atom. The van der Waals surface area contributed by atoms with Crippen molar-refractivity contribution in [3.05, 3.63) is 23.8 Å². The number of fused-ring (bicyclic) bond motifs is 1. The van der Waals surface area contributed by atoms with Gasteiger partial charge in [0.2, 0.25) is 0 Å². The summed E-state index contributed by atoms with van der Waals surface area (Å²) in [6.45, 7) is 5.50. The highest BCUT2D eigenvalue weighted by atomic mass is 16.5. The minimum absolute atomic E-state index is 0.515. The fourth-order valence-corrected chi connectivity index (χ4v) is 2.83. The van der Waals surface area contributed by atoms with Crippen molar-refractivity contribution < 1.29 is 4.74 Å². The van der Waals surface area contributed by atoms with Gasteiger partial charge in [0.05, 0.1) is 7.11 Å². The van der Waals surface area contributed by atoms with E-state index >= 15 is 0 Å². The number of methoxy groups -OCH3 is 1. The molecule has 3 nitrogen and oxygen atoms in total. The van der Waals surface area contributed by atoms with E-state index < -0.39 is 0 Å². The molecule has 1 aliphatic rings. The van der Waals surface area contributed by atoms with Gasteiger partial charge in [0.25, 0.3) is 0 Å². The summed E-state index contributed by atoms with van der Waals surface area (Å²) in [6, 6.07) is 7.38. The number of nitrogens with one attached hydrogen (secondary N) is 1. The Bertz CT molecular complexity index is 390.